The van der Waals surface area contributed by atoms with E-state index in [9.17, 15) is 0 Å². The van der Waals surface area contributed by atoms with Crippen LogP contribution in [-0.2, 0) is 13.6 Å². The highest BCUT2D eigenvalue weighted by molar-refractivity contribution is 6.31. The fourth-order valence-electron chi connectivity index (χ4n) is 3.30. The zero-order valence-corrected chi connectivity index (χ0v) is 13.9. The van der Waals surface area contributed by atoms with Crippen LogP contribution < -0.4 is 0 Å². The van der Waals surface area contributed by atoms with Crippen LogP contribution in [0.15, 0.2) is 22.7 Å². The molecule has 1 aliphatic heterocycles. The molecule has 7 heteroatoms. The summed E-state index contributed by atoms with van der Waals surface area (Å²) in [5, 5.41) is 4.81. The molecule has 1 atom stereocenters. The van der Waals surface area contributed by atoms with Crippen LogP contribution in [0.1, 0.15) is 36.4 Å². The molecule has 1 saturated heterocycles. The Bertz CT molecular complexity index is 855. The van der Waals surface area contributed by atoms with E-state index in [0.717, 1.165) is 48.6 Å². The van der Waals surface area contributed by atoms with Crippen LogP contribution in [-0.4, -0.2) is 31.1 Å². The SMILES string of the molecule is Cc1nc([C@H]2CCCN2Cc2nc3cc(Cl)ccc3n2C)no1. The molecule has 0 bridgehead atoms. The van der Waals surface area contributed by atoms with E-state index in [2.05, 4.69) is 19.6 Å². The number of imidazole rings is 1. The van der Waals surface area contributed by atoms with Crippen LogP contribution >= 0.6 is 11.6 Å². The lowest BCUT2D eigenvalue weighted by Crippen LogP contribution is -2.25. The summed E-state index contributed by atoms with van der Waals surface area (Å²) in [6, 6.07) is 6.02. The molecule has 1 aliphatic rings. The predicted molar refractivity (Wildman–Crippen MR) is 87.1 cm³/mol. The molecule has 0 saturated carbocycles. The topological polar surface area (TPSA) is 60.0 Å². The molecule has 0 radical (unpaired) electrons. The number of likely N-dealkylation sites (tertiary alicyclic amines) is 1. The number of rotatable bonds is 3. The number of hydrogen-bond acceptors (Lipinski definition) is 5. The first-order chi connectivity index (χ1) is 11.1. The maximum atomic E-state index is 6.07. The smallest absolute Gasteiger partial charge is 0.223 e. The summed E-state index contributed by atoms with van der Waals surface area (Å²) in [6.07, 6.45) is 2.18. The van der Waals surface area contributed by atoms with Crippen molar-refractivity contribution in [2.45, 2.75) is 32.4 Å². The summed E-state index contributed by atoms with van der Waals surface area (Å²) < 4.78 is 7.26. The predicted octanol–water partition coefficient (Wildman–Crippen LogP) is 3.26. The molecular formula is C16H18ClN5O. The van der Waals surface area contributed by atoms with E-state index in [1.807, 2.05) is 32.2 Å². The first-order valence-electron chi connectivity index (χ1n) is 7.77. The van der Waals surface area contributed by atoms with Gasteiger partial charge in [-0.15, -0.1) is 0 Å². The van der Waals surface area contributed by atoms with Crippen LogP contribution in [0, 0.1) is 6.92 Å². The second-order valence-electron chi connectivity index (χ2n) is 6.02. The molecule has 120 valence electrons. The van der Waals surface area contributed by atoms with Gasteiger partial charge in [0, 0.05) is 19.0 Å². The third kappa shape index (κ3) is 2.62. The van der Waals surface area contributed by atoms with Gasteiger partial charge in [0.1, 0.15) is 5.82 Å². The number of nitrogens with zero attached hydrogens (tertiary/aromatic N) is 5. The number of benzene rings is 1. The Balaban J connectivity index is 1.63. The van der Waals surface area contributed by atoms with Gasteiger partial charge in [0.05, 0.1) is 23.6 Å². The third-order valence-electron chi connectivity index (χ3n) is 4.48. The number of halogens is 1. The molecule has 2 aromatic heterocycles. The Labute approximate surface area is 139 Å². The van der Waals surface area contributed by atoms with Crippen molar-refractivity contribution in [1.82, 2.24) is 24.6 Å². The van der Waals surface area contributed by atoms with Gasteiger partial charge in [0.15, 0.2) is 5.82 Å². The van der Waals surface area contributed by atoms with E-state index in [1.165, 1.54) is 0 Å². The van der Waals surface area contributed by atoms with Gasteiger partial charge in [-0.2, -0.15) is 4.98 Å². The van der Waals surface area contributed by atoms with Crippen molar-refractivity contribution in [1.29, 1.82) is 0 Å². The average molecular weight is 332 g/mol. The zero-order chi connectivity index (χ0) is 16.0. The standard InChI is InChI=1S/C16H18ClN5O/c1-10-18-16(20-23-10)14-4-3-7-22(14)9-15-19-12-8-11(17)5-6-13(12)21(15)2/h5-6,8,14H,3-4,7,9H2,1-2H3/t14-/m1/s1. The molecular weight excluding hydrogens is 314 g/mol. The monoisotopic (exact) mass is 331 g/mol. The molecule has 1 fully saturated rings. The Kier molecular flexibility index (Phi) is 3.58. The van der Waals surface area contributed by atoms with Gasteiger partial charge in [-0.1, -0.05) is 16.8 Å². The van der Waals surface area contributed by atoms with Crippen molar-refractivity contribution in [3.05, 3.63) is 40.8 Å². The normalized spacial score (nSPS) is 19.0. The zero-order valence-electron chi connectivity index (χ0n) is 13.2. The summed E-state index contributed by atoms with van der Waals surface area (Å²) in [5.41, 5.74) is 2.02. The fourth-order valence-corrected chi connectivity index (χ4v) is 3.47. The molecule has 0 aliphatic carbocycles. The van der Waals surface area contributed by atoms with Gasteiger partial charge in [0.2, 0.25) is 5.89 Å². The molecule has 3 aromatic rings. The van der Waals surface area contributed by atoms with Crippen LogP contribution in [0.3, 0.4) is 0 Å². The van der Waals surface area contributed by atoms with Crippen molar-refractivity contribution in [3.63, 3.8) is 0 Å². The first kappa shape index (κ1) is 14.7. The lowest BCUT2D eigenvalue weighted by molar-refractivity contribution is 0.227. The summed E-state index contributed by atoms with van der Waals surface area (Å²) in [7, 11) is 2.04. The Hall–Kier alpha value is -1.92. The van der Waals surface area contributed by atoms with Crippen LogP contribution in [0.4, 0.5) is 0 Å². The van der Waals surface area contributed by atoms with E-state index in [-0.39, 0.29) is 6.04 Å². The van der Waals surface area contributed by atoms with E-state index >= 15 is 0 Å². The maximum absolute atomic E-state index is 6.07. The molecule has 0 N–H and O–H groups in total. The first-order valence-corrected chi connectivity index (χ1v) is 8.15. The van der Waals surface area contributed by atoms with Gasteiger partial charge in [-0.25, -0.2) is 4.98 Å². The molecule has 1 aromatic carbocycles. The second-order valence-corrected chi connectivity index (χ2v) is 6.46. The Morgan fingerprint density at radius 1 is 1.35 bits per heavy atom. The van der Waals surface area contributed by atoms with Gasteiger partial charge in [-0.3, -0.25) is 4.90 Å². The minimum atomic E-state index is 0.204. The average Bonchev–Trinajstić information content (AvgIpc) is 3.20. The molecule has 0 amide bonds. The third-order valence-corrected chi connectivity index (χ3v) is 4.72. The summed E-state index contributed by atoms with van der Waals surface area (Å²) in [6.45, 7) is 3.61. The number of fused-ring (bicyclic) bond motifs is 1. The summed E-state index contributed by atoms with van der Waals surface area (Å²) in [5.74, 6) is 2.42. The van der Waals surface area contributed by atoms with Crippen molar-refractivity contribution in [3.8, 4) is 0 Å². The van der Waals surface area contributed by atoms with E-state index in [0.29, 0.717) is 10.9 Å². The quantitative estimate of drug-likeness (QED) is 0.737. The summed E-state index contributed by atoms with van der Waals surface area (Å²) >= 11 is 6.07. The molecule has 6 nitrogen and oxygen atoms in total. The molecule has 4 rings (SSSR count). The van der Waals surface area contributed by atoms with E-state index in [4.69, 9.17) is 21.1 Å². The highest BCUT2D eigenvalue weighted by atomic mass is 35.5. The van der Waals surface area contributed by atoms with Gasteiger partial charge in [0.25, 0.3) is 0 Å². The lowest BCUT2D eigenvalue weighted by Gasteiger charge is -2.21. The van der Waals surface area contributed by atoms with Crippen LogP contribution in [0.2, 0.25) is 5.02 Å². The highest BCUT2D eigenvalue weighted by Crippen LogP contribution is 2.32. The van der Waals surface area contributed by atoms with Crippen molar-refractivity contribution >= 4 is 22.6 Å². The van der Waals surface area contributed by atoms with E-state index < -0.39 is 0 Å². The van der Waals surface area contributed by atoms with Crippen LogP contribution in [0.25, 0.3) is 11.0 Å². The van der Waals surface area contributed by atoms with Gasteiger partial charge >= 0.3 is 0 Å². The van der Waals surface area contributed by atoms with Crippen molar-refractivity contribution in [2.75, 3.05) is 6.54 Å². The highest BCUT2D eigenvalue weighted by Gasteiger charge is 2.30. The second kappa shape index (κ2) is 5.62. The van der Waals surface area contributed by atoms with Crippen molar-refractivity contribution in [2.24, 2.45) is 7.05 Å². The van der Waals surface area contributed by atoms with Gasteiger partial charge in [-0.05, 0) is 37.6 Å². The minimum absolute atomic E-state index is 0.204. The molecule has 3 heterocycles. The Morgan fingerprint density at radius 2 is 2.22 bits per heavy atom. The number of aryl methyl sites for hydroxylation is 2. The Morgan fingerprint density at radius 3 is 3.00 bits per heavy atom. The molecule has 0 unspecified atom stereocenters. The van der Waals surface area contributed by atoms with Crippen LogP contribution in [0.5, 0.6) is 0 Å². The number of aromatic nitrogens is 4. The van der Waals surface area contributed by atoms with E-state index in [1.54, 1.807) is 0 Å². The molecule has 23 heavy (non-hydrogen) atoms. The lowest BCUT2D eigenvalue weighted by atomic mass is 10.2. The maximum Gasteiger partial charge on any atom is 0.223 e. The van der Waals surface area contributed by atoms with Crippen molar-refractivity contribution < 1.29 is 4.52 Å². The largest absolute Gasteiger partial charge is 0.340 e. The number of hydrogen-bond donors (Lipinski definition) is 0. The summed E-state index contributed by atoms with van der Waals surface area (Å²) in [4.78, 5) is 11.5. The fraction of sp³-hybridized carbons (Fsp3) is 0.438. The van der Waals surface area contributed by atoms with Gasteiger partial charge < -0.3 is 9.09 Å². The molecule has 0 spiro atoms. The minimum Gasteiger partial charge on any atom is -0.340 e.